The van der Waals surface area contributed by atoms with E-state index in [1.165, 1.54) is 0 Å². The summed E-state index contributed by atoms with van der Waals surface area (Å²) in [4.78, 5) is 10.9. The Morgan fingerprint density at radius 3 is 2.69 bits per heavy atom. The fourth-order valence-electron chi connectivity index (χ4n) is 2.48. The molecule has 0 saturated heterocycles. The van der Waals surface area contributed by atoms with Gasteiger partial charge in [-0.2, -0.15) is 0 Å². The van der Waals surface area contributed by atoms with E-state index in [9.17, 15) is 4.79 Å². The van der Waals surface area contributed by atoms with E-state index in [1.54, 1.807) is 7.11 Å². The van der Waals surface area contributed by atoms with Gasteiger partial charge in [-0.15, -0.1) is 0 Å². The summed E-state index contributed by atoms with van der Waals surface area (Å²) in [5.74, 6) is 0.175. The molecular formula is C9H14O4. The average Bonchev–Trinajstić information content (AvgIpc) is 1.93. The average molecular weight is 186 g/mol. The third-order valence-corrected chi connectivity index (χ3v) is 3.46. The lowest BCUT2D eigenvalue weighted by Crippen LogP contribution is -2.66. The Morgan fingerprint density at radius 2 is 2.31 bits per heavy atom. The van der Waals surface area contributed by atoms with E-state index >= 15 is 0 Å². The molecule has 0 aromatic carbocycles. The molecule has 2 bridgehead atoms. The molecular weight excluding hydrogens is 172 g/mol. The quantitative estimate of drug-likeness (QED) is 0.507. The van der Waals surface area contributed by atoms with Crippen LogP contribution in [0.3, 0.4) is 0 Å². The summed E-state index contributed by atoms with van der Waals surface area (Å²) < 4.78 is 9.91. The number of hydrogen-bond donors (Lipinski definition) is 1. The van der Waals surface area contributed by atoms with Crippen molar-refractivity contribution in [2.75, 3.05) is 20.5 Å². The first-order chi connectivity index (χ1) is 6.20. The molecule has 3 aliphatic rings. The minimum Gasteiger partial charge on any atom is -0.481 e. The van der Waals surface area contributed by atoms with Gasteiger partial charge in [0.05, 0.1) is 12.0 Å². The van der Waals surface area contributed by atoms with Crippen molar-refractivity contribution in [3.8, 4) is 0 Å². The first-order valence-corrected chi connectivity index (χ1v) is 4.51. The summed E-state index contributed by atoms with van der Waals surface area (Å²) in [6.45, 7) is 0.795. The standard InChI is InChI=1S/C9H14O4/c1-12-5-13-4-7-6-2-9(7,3-6)8(10)11/h6-7H,2-5H2,1H3,(H,10,11). The second-order valence-electron chi connectivity index (χ2n) is 4.01. The third kappa shape index (κ3) is 1.09. The molecule has 0 heterocycles. The van der Waals surface area contributed by atoms with Gasteiger partial charge in [0.15, 0.2) is 0 Å². The highest BCUT2D eigenvalue weighted by Gasteiger charge is 2.69. The molecule has 4 nitrogen and oxygen atoms in total. The van der Waals surface area contributed by atoms with E-state index in [2.05, 4.69) is 0 Å². The van der Waals surface area contributed by atoms with Crippen LogP contribution in [0.2, 0.25) is 0 Å². The summed E-state index contributed by atoms with van der Waals surface area (Å²) in [5, 5.41) is 8.97. The Labute approximate surface area is 76.8 Å². The highest BCUT2D eigenvalue weighted by molar-refractivity contribution is 5.79. The van der Waals surface area contributed by atoms with Crippen LogP contribution in [0.25, 0.3) is 0 Å². The van der Waals surface area contributed by atoms with E-state index in [1.807, 2.05) is 0 Å². The van der Waals surface area contributed by atoms with Gasteiger partial charge < -0.3 is 14.6 Å². The lowest BCUT2D eigenvalue weighted by atomic mass is 9.38. The van der Waals surface area contributed by atoms with Crippen molar-refractivity contribution < 1.29 is 19.4 Å². The summed E-state index contributed by atoms with van der Waals surface area (Å²) in [7, 11) is 1.56. The second-order valence-corrected chi connectivity index (χ2v) is 4.01. The minimum atomic E-state index is -0.652. The van der Waals surface area contributed by atoms with Crippen LogP contribution >= 0.6 is 0 Å². The molecule has 13 heavy (non-hydrogen) atoms. The maximum atomic E-state index is 10.9. The lowest BCUT2D eigenvalue weighted by Gasteiger charge is -2.65. The first kappa shape index (κ1) is 8.97. The molecule has 0 aliphatic heterocycles. The van der Waals surface area contributed by atoms with Crippen molar-refractivity contribution in [1.29, 1.82) is 0 Å². The van der Waals surface area contributed by atoms with Crippen molar-refractivity contribution >= 4 is 5.97 Å². The first-order valence-electron chi connectivity index (χ1n) is 4.51. The maximum absolute atomic E-state index is 10.9. The molecule has 4 heteroatoms. The third-order valence-electron chi connectivity index (χ3n) is 3.46. The minimum absolute atomic E-state index is 0.236. The molecule has 0 amide bonds. The Hall–Kier alpha value is -0.610. The highest BCUT2D eigenvalue weighted by atomic mass is 16.7. The van der Waals surface area contributed by atoms with Crippen LogP contribution in [0.5, 0.6) is 0 Å². The number of ether oxygens (including phenoxy) is 2. The number of rotatable bonds is 5. The van der Waals surface area contributed by atoms with Crippen LogP contribution in [-0.2, 0) is 14.3 Å². The van der Waals surface area contributed by atoms with Crippen LogP contribution < -0.4 is 0 Å². The molecule has 3 rings (SSSR count). The van der Waals surface area contributed by atoms with E-state index in [-0.39, 0.29) is 12.7 Å². The second kappa shape index (κ2) is 2.96. The largest absolute Gasteiger partial charge is 0.481 e. The van der Waals surface area contributed by atoms with Gasteiger partial charge in [-0.05, 0) is 18.8 Å². The molecule has 3 aliphatic carbocycles. The molecule has 0 spiro atoms. The van der Waals surface area contributed by atoms with E-state index in [0.717, 1.165) is 12.8 Å². The maximum Gasteiger partial charge on any atom is 0.310 e. The van der Waals surface area contributed by atoms with Crippen molar-refractivity contribution in [1.82, 2.24) is 0 Å². The smallest absolute Gasteiger partial charge is 0.310 e. The molecule has 0 aromatic rings. The fourth-order valence-corrected chi connectivity index (χ4v) is 2.48. The number of methoxy groups -OCH3 is 1. The molecule has 1 N–H and O–H groups in total. The molecule has 3 saturated carbocycles. The van der Waals surface area contributed by atoms with Crippen LogP contribution in [0.15, 0.2) is 0 Å². The van der Waals surface area contributed by atoms with Gasteiger partial charge in [-0.25, -0.2) is 0 Å². The van der Waals surface area contributed by atoms with E-state index < -0.39 is 11.4 Å². The monoisotopic (exact) mass is 186 g/mol. The Kier molecular flexibility index (Phi) is 2.04. The molecule has 3 fully saturated rings. The Bertz CT molecular complexity index is 220. The van der Waals surface area contributed by atoms with Crippen LogP contribution in [0, 0.1) is 17.3 Å². The zero-order valence-corrected chi connectivity index (χ0v) is 7.66. The lowest BCUT2D eigenvalue weighted by molar-refractivity contribution is -0.233. The molecule has 74 valence electrons. The summed E-state index contributed by atoms with van der Waals surface area (Å²) in [6.07, 6.45) is 1.70. The number of hydrogen-bond acceptors (Lipinski definition) is 3. The summed E-state index contributed by atoms with van der Waals surface area (Å²) in [6, 6.07) is 0. The van der Waals surface area contributed by atoms with Gasteiger partial charge in [0.1, 0.15) is 6.79 Å². The number of aliphatic carboxylic acids is 1. The van der Waals surface area contributed by atoms with Gasteiger partial charge >= 0.3 is 5.97 Å². The zero-order valence-electron chi connectivity index (χ0n) is 7.66. The van der Waals surface area contributed by atoms with Crippen molar-refractivity contribution in [3.05, 3.63) is 0 Å². The van der Waals surface area contributed by atoms with E-state index in [0.29, 0.717) is 12.5 Å². The van der Waals surface area contributed by atoms with Crippen LogP contribution in [-0.4, -0.2) is 31.6 Å². The molecule has 1 unspecified atom stereocenters. The fraction of sp³-hybridized carbons (Fsp3) is 0.889. The molecule has 0 radical (unpaired) electrons. The van der Waals surface area contributed by atoms with Gasteiger partial charge in [0.25, 0.3) is 0 Å². The van der Waals surface area contributed by atoms with Gasteiger partial charge in [0, 0.05) is 13.0 Å². The Balaban J connectivity index is 1.80. The molecule has 1 atom stereocenters. The predicted octanol–water partition coefficient (Wildman–Crippen LogP) is 0.718. The van der Waals surface area contributed by atoms with Crippen LogP contribution in [0.1, 0.15) is 12.8 Å². The number of carbonyl (C=O) groups is 1. The zero-order chi connectivity index (χ0) is 9.47. The highest BCUT2D eigenvalue weighted by Crippen LogP contribution is 2.68. The SMILES string of the molecule is COCOCC1C2CC1(C(=O)O)C2. The number of carboxylic acid groups (broad SMARTS) is 1. The predicted molar refractivity (Wildman–Crippen MR) is 44.1 cm³/mol. The summed E-state index contributed by atoms with van der Waals surface area (Å²) in [5.41, 5.74) is -0.432. The van der Waals surface area contributed by atoms with Gasteiger partial charge in [0.2, 0.25) is 0 Å². The van der Waals surface area contributed by atoms with Gasteiger partial charge in [-0.3, -0.25) is 4.79 Å². The van der Waals surface area contributed by atoms with Gasteiger partial charge in [-0.1, -0.05) is 0 Å². The Morgan fingerprint density at radius 1 is 1.62 bits per heavy atom. The van der Waals surface area contributed by atoms with Crippen molar-refractivity contribution in [2.24, 2.45) is 17.3 Å². The topological polar surface area (TPSA) is 55.8 Å². The van der Waals surface area contributed by atoms with E-state index in [4.69, 9.17) is 14.6 Å². The van der Waals surface area contributed by atoms with Crippen molar-refractivity contribution in [2.45, 2.75) is 12.8 Å². The summed E-state index contributed by atoms with van der Waals surface area (Å²) >= 11 is 0. The van der Waals surface area contributed by atoms with Crippen molar-refractivity contribution in [3.63, 3.8) is 0 Å². The normalized spacial score (nSPS) is 40.7. The van der Waals surface area contributed by atoms with Crippen LogP contribution in [0.4, 0.5) is 0 Å². The molecule has 0 aromatic heterocycles. The number of carboxylic acids is 1.